The lowest BCUT2D eigenvalue weighted by Gasteiger charge is -2.22. The Morgan fingerprint density at radius 2 is 2.11 bits per heavy atom. The van der Waals surface area contributed by atoms with E-state index in [1.807, 2.05) is 6.92 Å². The molecule has 18 heavy (non-hydrogen) atoms. The highest BCUT2D eigenvalue weighted by Gasteiger charge is 2.40. The van der Waals surface area contributed by atoms with E-state index in [2.05, 4.69) is 44.3 Å². The number of aryl methyl sites for hydroxylation is 1. The van der Waals surface area contributed by atoms with Crippen LogP contribution in [0.5, 0.6) is 5.75 Å². The summed E-state index contributed by atoms with van der Waals surface area (Å²) in [5.41, 5.74) is 2.65. The number of hydrogen-bond acceptors (Lipinski definition) is 2. The van der Waals surface area contributed by atoms with Gasteiger partial charge in [0.2, 0.25) is 0 Å². The van der Waals surface area contributed by atoms with Crippen molar-refractivity contribution in [3.8, 4) is 5.75 Å². The summed E-state index contributed by atoms with van der Waals surface area (Å²) in [6, 6.07) is 6.98. The van der Waals surface area contributed by atoms with Crippen molar-refractivity contribution in [1.29, 1.82) is 0 Å². The number of hydrogen-bond donors (Lipinski definition) is 1. The van der Waals surface area contributed by atoms with Gasteiger partial charge < -0.3 is 10.1 Å². The zero-order valence-electron chi connectivity index (χ0n) is 12.0. The second-order valence-corrected chi connectivity index (χ2v) is 5.39. The number of ether oxygens (including phenoxy) is 1. The van der Waals surface area contributed by atoms with Gasteiger partial charge in [0.1, 0.15) is 5.75 Å². The maximum Gasteiger partial charge on any atom is 0.124 e. The van der Waals surface area contributed by atoms with Crippen molar-refractivity contribution < 1.29 is 4.74 Å². The molecule has 1 aromatic rings. The van der Waals surface area contributed by atoms with E-state index < -0.39 is 0 Å². The molecule has 2 nitrogen and oxygen atoms in total. The summed E-state index contributed by atoms with van der Waals surface area (Å²) >= 11 is 0. The fourth-order valence-electron chi connectivity index (χ4n) is 2.73. The highest BCUT2D eigenvalue weighted by Crippen LogP contribution is 2.48. The second-order valence-electron chi connectivity index (χ2n) is 5.39. The van der Waals surface area contributed by atoms with Gasteiger partial charge in [-0.1, -0.05) is 31.5 Å². The van der Waals surface area contributed by atoms with Crippen LogP contribution in [0.1, 0.15) is 44.4 Å². The van der Waals surface area contributed by atoms with Crippen LogP contribution in [0, 0.1) is 18.8 Å². The summed E-state index contributed by atoms with van der Waals surface area (Å²) in [6.07, 6.45) is 1.33. The van der Waals surface area contributed by atoms with Crippen LogP contribution in [0.2, 0.25) is 0 Å². The first-order valence-electron chi connectivity index (χ1n) is 7.14. The lowest BCUT2D eigenvalue weighted by molar-refractivity contribution is 0.327. The predicted molar refractivity (Wildman–Crippen MR) is 76.0 cm³/mol. The van der Waals surface area contributed by atoms with Gasteiger partial charge in [0.15, 0.2) is 0 Å². The van der Waals surface area contributed by atoms with E-state index in [0.29, 0.717) is 6.04 Å². The highest BCUT2D eigenvalue weighted by atomic mass is 16.5. The lowest BCUT2D eigenvalue weighted by Crippen LogP contribution is -2.24. The minimum atomic E-state index is 0.450. The molecule has 1 fully saturated rings. The minimum Gasteiger partial charge on any atom is -0.494 e. The molecule has 0 aromatic heterocycles. The first kappa shape index (κ1) is 13.4. The normalized spacial score (nSPS) is 23.8. The molecule has 3 atom stereocenters. The SMILES string of the molecule is CCNC(c1cc(C)ccc1OCC)C1CC1C. The maximum atomic E-state index is 5.79. The van der Waals surface area contributed by atoms with Crippen LogP contribution in [0.15, 0.2) is 18.2 Å². The van der Waals surface area contributed by atoms with Crippen molar-refractivity contribution in [3.63, 3.8) is 0 Å². The second kappa shape index (κ2) is 5.75. The van der Waals surface area contributed by atoms with Crippen LogP contribution < -0.4 is 10.1 Å². The van der Waals surface area contributed by atoms with E-state index in [1.165, 1.54) is 17.5 Å². The number of benzene rings is 1. The quantitative estimate of drug-likeness (QED) is 0.827. The third-order valence-electron chi connectivity index (χ3n) is 3.82. The Balaban J connectivity index is 2.29. The van der Waals surface area contributed by atoms with E-state index in [1.54, 1.807) is 0 Å². The summed E-state index contributed by atoms with van der Waals surface area (Å²) in [7, 11) is 0. The molecule has 1 aliphatic rings. The van der Waals surface area contributed by atoms with Crippen molar-refractivity contribution in [2.75, 3.05) is 13.2 Å². The van der Waals surface area contributed by atoms with E-state index >= 15 is 0 Å². The van der Waals surface area contributed by atoms with Crippen LogP contribution >= 0.6 is 0 Å². The summed E-state index contributed by atoms with van der Waals surface area (Å²) in [5, 5.41) is 3.64. The molecule has 1 N–H and O–H groups in total. The van der Waals surface area contributed by atoms with Crippen molar-refractivity contribution in [2.45, 2.75) is 40.2 Å². The lowest BCUT2D eigenvalue weighted by atomic mass is 9.98. The van der Waals surface area contributed by atoms with E-state index in [-0.39, 0.29) is 0 Å². The van der Waals surface area contributed by atoms with Crippen LogP contribution in [0.3, 0.4) is 0 Å². The Kier molecular flexibility index (Phi) is 4.28. The van der Waals surface area contributed by atoms with Crippen molar-refractivity contribution in [3.05, 3.63) is 29.3 Å². The third kappa shape index (κ3) is 2.86. The molecule has 1 aromatic carbocycles. The Morgan fingerprint density at radius 3 is 2.67 bits per heavy atom. The van der Waals surface area contributed by atoms with Gasteiger partial charge in [-0.2, -0.15) is 0 Å². The average Bonchev–Trinajstić information content (AvgIpc) is 3.06. The number of rotatable bonds is 6. The molecule has 2 rings (SSSR count). The van der Waals surface area contributed by atoms with Gasteiger partial charge in [0, 0.05) is 11.6 Å². The molecule has 1 saturated carbocycles. The van der Waals surface area contributed by atoms with Crippen molar-refractivity contribution in [2.24, 2.45) is 11.8 Å². The van der Waals surface area contributed by atoms with Gasteiger partial charge in [0.25, 0.3) is 0 Å². The van der Waals surface area contributed by atoms with Crippen LogP contribution in [0.4, 0.5) is 0 Å². The average molecular weight is 247 g/mol. The maximum absolute atomic E-state index is 5.79. The van der Waals surface area contributed by atoms with Gasteiger partial charge in [-0.3, -0.25) is 0 Å². The van der Waals surface area contributed by atoms with Gasteiger partial charge >= 0.3 is 0 Å². The third-order valence-corrected chi connectivity index (χ3v) is 3.82. The molecule has 100 valence electrons. The molecular weight excluding hydrogens is 222 g/mol. The molecule has 3 unspecified atom stereocenters. The van der Waals surface area contributed by atoms with Crippen LogP contribution in [-0.4, -0.2) is 13.2 Å². The number of nitrogens with one attached hydrogen (secondary N) is 1. The Bertz CT molecular complexity index is 402. The Labute approximate surface area is 111 Å². The summed E-state index contributed by atoms with van der Waals surface area (Å²) in [5.74, 6) is 2.66. The zero-order valence-corrected chi connectivity index (χ0v) is 12.0. The van der Waals surface area contributed by atoms with Gasteiger partial charge in [0.05, 0.1) is 6.61 Å². The molecule has 0 radical (unpaired) electrons. The molecule has 0 saturated heterocycles. The summed E-state index contributed by atoms with van der Waals surface area (Å²) in [6.45, 7) is 10.5. The highest BCUT2D eigenvalue weighted by molar-refractivity contribution is 5.40. The van der Waals surface area contributed by atoms with Gasteiger partial charge in [-0.05, 0) is 44.7 Å². The molecule has 0 aliphatic heterocycles. The largest absolute Gasteiger partial charge is 0.494 e. The fraction of sp³-hybridized carbons (Fsp3) is 0.625. The predicted octanol–water partition coefficient (Wildman–Crippen LogP) is 3.70. The monoisotopic (exact) mass is 247 g/mol. The van der Waals surface area contributed by atoms with Gasteiger partial charge in [-0.15, -0.1) is 0 Å². The van der Waals surface area contributed by atoms with Crippen molar-refractivity contribution >= 4 is 0 Å². The van der Waals surface area contributed by atoms with E-state index in [0.717, 1.165) is 30.7 Å². The smallest absolute Gasteiger partial charge is 0.124 e. The summed E-state index contributed by atoms with van der Waals surface area (Å²) in [4.78, 5) is 0. The molecule has 0 bridgehead atoms. The minimum absolute atomic E-state index is 0.450. The van der Waals surface area contributed by atoms with E-state index in [9.17, 15) is 0 Å². The summed E-state index contributed by atoms with van der Waals surface area (Å²) < 4.78 is 5.79. The van der Waals surface area contributed by atoms with Gasteiger partial charge in [-0.25, -0.2) is 0 Å². The molecular formula is C16H25NO. The first-order chi connectivity index (χ1) is 8.67. The fourth-order valence-corrected chi connectivity index (χ4v) is 2.73. The first-order valence-corrected chi connectivity index (χ1v) is 7.14. The Hall–Kier alpha value is -1.02. The molecule has 1 aliphatic carbocycles. The van der Waals surface area contributed by atoms with E-state index in [4.69, 9.17) is 4.74 Å². The standard InChI is InChI=1S/C16H25NO/c1-5-17-16(13-10-12(13)4)14-9-11(3)7-8-15(14)18-6-2/h7-9,12-13,16-17H,5-6,10H2,1-4H3. The topological polar surface area (TPSA) is 21.3 Å². The molecule has 2 heteroatoms. The molecule has 0 spiro atoms. The van der Waals surface area contributed by atoms with Crippen LogP contribution in [0.25, 0.3) is 0 Å². The van der Waals surface area contributed by atoms with Crippen molar-refractivity contribution in [1.82, 2.24) is 5.32 Å². The molecule has 0 amide bonds. The van der Waals surface area contributed by atoms with Crippen LogP contribution in [-0.2, 0) is 0 Å². The zero-order chi connectivity index (χ0) is 13.1. The molecule has 0 heterocycles. The Morgan fingerprint density at radius 1 is 1.39 bits per heavy atom.